The molecule has 2 N–H and O–H groups in total. The first-order valence-corrected chi connectivity index (χ1v) is 4.57. The number of aromatic nitrogens is 2. The molecule has 0 saturated carbocycles. The number of carboxylic acid groups (broad SMARTS) is 1. The summed E-state index contributed by atoms with van der Waals surface area (Å²) in [5.41, 5.74) is 0.425. The fraction of sp³-hybridized carbons (Fsp3) is 0.100. The summed E-state index contributed by atoms with van der Waals surface area (Å²) >= 11 is 0. The second-order valence-corrected chi connectivity index (χ2v) is 3.22. The molecule has 6 nitrogen and oxygen atoms in total. The van der Waals surface area contributed by atoms with Gasteiger partial charge < -0.3 is 10.4 Å². The minimum atomic E-state index is -1.14. The molecule has 0 bridgehead atoms. The van der Waals surface area contributed by atoms with Gasteiger partial charge in [-0.25, -0.2) is 9.78 Å². The molecule has 0 radical (unpaired) electrons. The predicted octanol–water partition coefficient (Wildman–Crippen LogP) is 0.991. The summed E-state index contributed by atoms with van der Waals surface area (Å²) in [6, 6.07) is 5.10. The van der Waals surface area contributed by atoms with Crippen LogP contribution in [-0.2, 0) is 4.79 Å². The summed E-state index contributed by atoms with van der Waals surface area (Å²) in [7, 11) is 0. The summed E-state index contributed by atoms with van der Waals surface area (Å²) in [5.74, 6) is -1.43. The Kier molecular flexibility index (Phi) is 2.32. The van der Waals surface area contributed by atoms with Crippen molar-refractivity contribution >= 4 is 23.3 Å². The van der Waals surface area contributed by atoms with Gasteiger partial charge in [-0.15, -0.1) is 0 Å². The van der Waals surface area contributed by atoms with E-state index in [1.54, 1.807) is 24.4 Å². The van der Waals surface area contributed by atoms with Crippen LogP contribution >= 0.6 is 0 Å². The molecule has 0 aliphatic rings. The Morgan fingerprint density at radius 3 is 2.81 bits per heavy atom. The van der Waals surface area contributed by atoms with E-state index in [4.69, 9.17) is 5.11 Å². The van der Waals surface area contributed by atoms with Gasteiger partial charge in [-0.3, -0.25) is 9.20 Å². The molecule has 82 valence electrons. The lowest BCUT2D eigenvalue weighted by Gasteiger charge is -1.99. The number of imidazole rings is 1. The molecule has 16 heavy (non-hydrogen) atoms. The molecule has 0 spiro atoms. The van der Waals surface area contributed by atoms with Gasteiger partial charge in [0.15, 0.2) is 11.5 Å². The molecular formula is C10H9N3O3. The van der Waals surface area contributed by atoms with Gasteiger partial charge in [-0.1, -0.05) is 6.07 Å². The SMILES string of the molecule is CC(=O)Nc1nc2ccccn2c1C(=O)O. The van der Waals surface area contributed by atoms with E-state index < -0.39 is 5.97 Å². The quantitative estimate of drug-likeness (QED) is 0.788. The number of nitrogens with zero attached hydrogens (tertiary/aromatic N) is 2. The third kappa shape index (κ3) is 1.60. The average Bonchev–Trinajstić information content (AvgIpc) is 2.53. The van der Waals surface area contributed by atoms with Crippen LogP contribution in [0.1, 0.15) is 17.4 Å². The van der Waals surface area contributed by atoms with E-state index in [0.29, 0.717) is 5.65 Å². The average molecular weight is 219 g/mol. The van der Waals surface area contributed by atoms with Crippen LogP contribution in [0.25, 0.3) is 5.65 Å². The minimum absolute atomic E-state index is 0.0502. The van der Waals surface area contributed by atoms with Crippen molar-refractivity contribution in [1.82, 2.24) is 9.38 Å². The monoisotopic (exact) mass is 219 g/mol. The second kappa shape index (κ2) is 3.65. The first kappa shape index (κ1) is 10.2. The maximum atomic E-state index is 11.1. The lowest BCUT2D eigenvalue weighted by atomic mass is 10.4. The highest BCUT2D eigenvalue weighted by Crippen LogP contribution is 2.17. The van der Waals surface area contributed by atoms with Crippen LogP contribution in [0.4, 0.5) is 5.82 Å². The molecule has 2 rings (SSSR count). The van der Waals surface area contributed by atoms with Crippen molar-refractivity contribution in [1.29, 1.82) is 0 Å². The number of pyridine rings is 1. The van der Waals surface area contributed by atoms with Crippen molar-refractivity contribution in [2.45, 2.75) is 6.92 Å². The molecule has 0 aliphatic heterocycles. The lowest BCUT2D eigenvalue weighted by Crippen LogP contribution is -2.11. The number of amides is 1. The van der Waals surface area contributed by atoms with Crippen molar-refractivity contribution in [3.63, 3.8) is 0 Å². The van der Waals surface area contributed by atoms with Gasteiger partial charge in [-0.05, 0) is 12.1 Å². The molecule has 0 aliphatic carbocycles. The molecule has 6 heteroatoms. The van der Waals surface area contributed by atoms with E-state index in [0.717, 1.165) is 0 Å². The van der Waals surface area contributed by atoms with E-state index in [9.17, 15) is 9.59 Å². The standard InChI is InChI=1S/C10H9N3O3/c1-6(14)11-9-8(10(15)16)13-5-3-2-4-7(13)12-9/h2-5H,1H3,(H,11,14)(H,15,16). The van der Waals surface area contributed by atoms with Crippen LogP contribution in [0.2, 0.25) is 0 Å². The fourth-order valence-corrected chi connectivity index (χ4v) is 1.45. The highest BCUT2D eigenvalue weighted by Gasteiger charge is 2.18. The van der Waals surface area contributed by atoms with Crippen LogP contribution in [0, 0.1) is 0 Å². The van der Waals surface area contributed by atoms with Gasteiger partial charge in [0, 0.05) is 13.1 Å². The van der Waals surface area contributed by atoms with Crippen molar-refractivity contribution < 1.29 is 14.7 Å². The van der Waals surface area contributed by atoms with E-state index >= 15 is 0 Å². The fourth-order valence-electron chi connectivity index (χ4n) is 1.45. The number of rotatable bonds is 2. The van der Waals surface area contributed by atoms with Gasteiger partial charge in [0.05, 0.1) is 0 Å². The number of carboxylic acids is 1. The Morgan fingerprint density at radius 1 is 1.44 bits per heavy atom. The first-order valence-electron chi connectivity index (χ1n) is 4.57. The molecule has 2 aromatic heterocycles. The van der Waals surface area contributed by atoms with E-state index in [-0.39, 0.29) is 17.4 Å². The first-order chi connectivity index (χ1) is 7.59. The Labute approximate surface area is 90.5 Å². The molecular weight excluding hydrogens is 210 g/mol. The summed E-state index contributed by atoms with van der Waals surface area (Å²) < 4.78 is 1.41. The maximum absolute atomic E-state index is 11.1. The molecule has 1 amide bonds. The van der Waals surface area contributed by atoms with Gasteiger partial charge in [0.1, 0.15) is 5.65 Å². The molecule has 0 unspecified atom stereocenters. The summed E-state index contributed by atoms with van der Waals surface area (Å²) in [6.45, 7) is 1.30. The Bertz CT molecular complexity index is 574. The Balaban J connectivity index is 2.68. The number of fused-ring (bicyclic) bond motifs is 1. The van der Waals surface area contributed by atoms with Crippen molar-refractivity contribution in [3.05, 3.63) is 30.1 Å². The zero-order valence-electron chi connectivity index (χ0n) is 8.47. The van der Waals surface area contributed by atoms with Gasteiger partial charge in [-0.2, -0.15) is 0 Å². The van der Waals surface area contributed by atoms with Crippen molar-refractivity contribution in [2.24, 2.45) is 0 Å². The number of anilines is 1. The Morgan fingerprint density at radius 2 is 2.19 bits per heavy atom. The van der Waals surface area contributed by atoms with Gasteiger partial charge in [0.2, 0.25) is 5.91 Å². The largest absolute Gasteiger partial charge is 0.476 e. The van der Waals surface area contributed by atoms with E-state index in [1.165, 1.54) is 11.3 Å². The maximum Gasteiger partial charge on any atom is 0.356 e. The van der Waals surface area contributed by atoms with Gasteiger partial charge >= 0.3 is 5.97 Å². The number of hydrogen-bond acceptors (Lipinski definition) is 3. The number of aromatic carboxylic acids is 1. The molecule has 2 heterocycles. The smallest absolute Gasteiger partial charge is 0.356 e. The van der Waals surface area contributed by atoms with E-state index in [2.05, 4.69) is 10.3 Å². The highest BCUT2D eigenvalue weighted by molar-refractivity contribution is 5.98. The highest BCUT2D eigenvalue weighted by atomic mass is 16.4. The van der Waals surface area contributed by atoms with Crippen LogP contribution < -0.4 is 5.32 Å². The van der Waals surface area contributed by atoms with Crippen LogP contribution in [-0.4, -0.2) is 26.4 Å². The van der Waals surface area contributed by atoms with Crippen molar-refractivity contribution in [2.75, 3.05) is 5.32 Å². The number of carbonyl (C=O) groups excluding carboxylic acids is 1. The summed E-state index contributed by atoms with van der Waals surface area (Å²) in [4.78, 5) is 26.0. The van der Waals surface area contributed by atoms with Crippen LogP contribution in [0.15, 0.2) is 24.4 Å². The number of hydrogen-bond donors (Lipinski definition) is 2. The topological polar surface area (TPSA) is 83.7 Å². The van der Waals surface area contributed by atoms with Crippen LogP contribution in [0.3, 0.4) is 0 Å². The normalized spacial score (nSPS) is 10.3. The number of carbonyl (C=O) groups is 2. The predicted molar refractivity (Wildman–Crippen MR) is 56.5 cm³/mol. The number of nitrogens with one attached hydrogen (secondary N) is 1. The third-order valence-corrected chi connectivity index (χ3v) is 2.03. The molecule has 0 atom stereocenters. The summed E-state index contributed by atoms with van der Waals surface area (Å²) in [5, 5.41) is 11.4. The molecule has 0 aromatic carbocycles. The third-order valence-electron chi connectivity index (χ3n) is 2.03. The zero-order chi connectivity index (χ0) is 11.7. The van der Waals surface area contributed by atoms with Crippen molar-refractivity contribution in [3.8, 4) is 0 Å². The van der Waals surface area contributed by atoms with Gasteiger partial charge in [0.25, 0.3) is 0 Å². The van der Waals surface area contributed by atoms with Crippen LogP contribution in [0.5, 0.6) is 0 Å². The molecule has 0 saturated heterocycles. The zero-order valence-corrected chi connectivity index (χ0v) is 8.47. The van der Waals surface area contributed by atoms with E-state index in [1.807, 2.05) is 0 Å². The Hall–Kier alpha value is -2.37. The second-order valence-electron chi connectivity index (χ2n) is 3.22. The minimum Gasteiger partial charge on any atom is -0.476 e. The molecule has 2 aromatic rings. The lowest BCUT2D eigenvalue weighted by molar-refractivity contribution is -0.114. The molecule has 0 fully saturated rings. The summed E-state index contributed by atoms with van der Waals surface area (Å²) in [6.07, 6.45) is 1.58.